The fourth-order valence-electron chi connectivity index (χ4n) is 3.25. The van der Waals surface area contributed by atoms with Crippen LogP contribution in [-0.4, -0.2) is 39.7 Å². The lowest BCUT2D eigenvalue weighted by atomic mass is 10.0. The first-order valence-electron chi connectivity index (χ1n) is 9.83. The maximum atomic E-state index is 13.1. The molecule has 1 N–H and O–H groups in total. The van der Waals surface area contributed by atoms with Crippen LogP contribution < -0.4 is 10.3 Å². The van der Waals surface area contributed by atoms with Gasteiger partial charge >= 0.3 is 0 Å². The van der Waals surface area contributed by atoms with Crippen molar-refractivity contribution >= 4 is 29.3 Å². The van der Waals surface area contributed by atoms with Gasteiger partial charge in [0.25, 0.3) is 11.8 Å². The van der Waals surface area contributed by atoms with Crippen LogP contribution in [0.15, 0.2) is 48.8 Å². The maximum absolute atomic E-state index is 13.1. The van der Waals surface area contributed by atoms with Gasteiger partial charge < -0.3 is 0 Å². The Bertz CT molecular complexity index is 957. The molecule has 1 aliphatic heterocycles. The summed E-state index contributed by atoms with van der Waals surface area (Å²) in [6, 6.07) is 9.20. The van der Waals surface area contributed by atoms with E-state index in [0.717, 1.165) is 15.5 Å². The van der Waals surface area contributed by atoms with Gasteiger partial charge in [-0.15, -0.1) is 0 Å². The quantitative estimate of drug-likeness (QED) is 0.605. The number of nitrogens with zero attached hydrogens (tertiary/aromatic N) is 3. The average Bonchev–Trinajstić information content (AvgIpc) is 3.05. The zero-order chi connectivity index (χ0) is 21.8. The van der Waals surface area contributed by atoms with E-state index >= 15 is 0 Å². The van der Waals surface area contributed by atoms with Crippen molar-refractivity contribution in [3.8, 4) is 0 Å². The SMILES string of the molecule is CCC(=O)N(NC(=O)c1cccnc1)[C@H]1CC(=O)N(c2ccc(C(C)C)cc2)C1=O. The predicted molar refractivity (Wildman–Crippen MR) is 110 cm³/mol. The van der Waals surface area contributed by atoms with Gasteiger partial charge in [-0.2, -0.15) is 0 Å². The Morgan fingerprint density at radius 3 is 2.47 bits per heavy atom. The number of carbonyl (C=O) groups is 4. The van der Waals surface area contributed by atoms with Crippen LogP contribution in [0, 0.1) is 0 Å². The van der Waals surface area contributed by atoms with Crippen LogP contribution >= 0.6 is 0 Å². The largest absolute Gasteiger partial charge is 0.274 e. The average molecular weight is 408 g/mol. The maximum Gasteiger partial charge on any atom is 0.271 e. The van der Waals surface area contributed by atoms with Crippen LogP contribution in [0.5, 0.6) is 0 Å². The second kappa shape index (κ2) is 8.86. The highest BCUT2D eigenvalue weighted by molar-refractivity contribution is 6.23. The van der Waals surface area contributed by atoms with Gasteiger partial charge in [-0.25, -0.2) is 9.91 Å². The Morgan fingerprint density at radius 2 is 1.90 bits per heavy atom. The number of anilines is 1. The summed E-state index contributed by atoms with van der Waals surface area (Å²) >= 11 is 0. The lowest BCUT2D eigenvalue weighted by Crippen LogP contribution is -2.54. The second-order valence-corrected chi connectivity index (χ2v) is 7.33. The molecule has 156 valence electrons. The third-order valence-corrected chi connectivity index (χ3v) is 4.97. The standard InChI is InChI=1S/C22H24N4O4/c1-4-19(27)26(24-21(29)16-6-5-11-23-13-16)18-12-20(28)25(22(18)30)17-9-7-15(8-10-17)14(2)3/h5-11,13-14,18H,4,12H2,1-3H3,(H,24,29)/t18-/m0/s1. The number of imide groups is 1. The molecule has 2 aromatic rings. The van der Waals surface area contributed by atoms with E-state index < -0.39 is 29.7 Å². The molecule has 0 aliphatic carbocycles. The van der Waals surface area contributed by atoms with E-state index in [9.17, 15) is 19.2 Å². The number of rotatable bonds is 5. The Labute approximate surface area is 174 Å². The predicted octanol–water partition coefficient (Wildman–Crippen LogP) is 2.42. The topological polar surface area (TPSA) is 99.7 Å². The summed E-state index contributed by atoms with van der Waals surface area (Å²) in [6.45, 7) is 5.72. The van der Waals surface area contributed by atoms with Crippen molar-refractivity contribution in [1.82, 2.24) is 15.4 Å². The zero-order valence-electron chi connectivity index (χ0n) is 17.2. The molecule has 4 amide bonds. The van der Waals surface area contributed by atoms with Gasteiger partial charge in [0.2, 0.25) is 11.8 Å². The third-order valence-electron chi connectivity index (χ3n) is 4.97. The molecule has 2 heterocycles. The molecule has 0 unspecified atom stereocenters. The van der Waals surface area contributed by atoms with E-state index in [4.69, 9.17) is 0 Å². The molecule has 1 aliphatic rings. The lowest BCUT2D eigenvalue weighted by molar-refractivity contribution is -0.140. The lowest BCUT2D eigenvalue weighted by Gasteiger charge is -2.27. The number of amides is 4. The smallest absolute Gasteiger partial charge is 0.271 e. The molecule has 1 aromatic carbocycles. The number of pyridine rings is 1. The first kappa shape index (κ1) is 21.2. The molecule has 0 radical (unpaired) electrons. The molecule has 0 saturated carbocycles. The van der Waals surface area contributed by atoms with Crippen molar-refractivity contribution in [2.24, 2.45) is 0 Å². The molecule has 1 saturated heterocycles. The van der Waals surface area contributed by atoms with Crippen molar-refractivity contribution in [3.63, 3.8) is 0 Å². The van der Waals surface area contributed by atoms with Crippen LogP contribution in [0.2, 0.25) is 0 Å². The van der Waals surface area contributed by atoms with Gasteiger partial charge in [-0.1, -0.05) is 32.9 Å². The molecule has 1 aromatic heterocycles. The van der Waals surface area contributed by atoms with E-state index in [2.05, 4.69) is 24.3 Å². The van der Waals surface area contributed by atoms with Gasteiger partial charge in [-0.3, -0.25) is 29.6 Å². The minimum absolute atomic E-state index is 0.0639. The summed E-state index contributed by atoms with van der Waals surface area (Å²) in [5.41, 5.74) is 4.25. The van der Waals surface area contributed by atoms with Crippen molar-refractivity contribution in [3.05, 3.63) is 59.9 Å². The number of hydrazine groups is 1. The van der Waals surface area contributed by atoms with Gasteiger partial charge in [0.05, 0.1) is 17.7 Å². The first-order valence-corrected chi connectivity index (χ1v) is 9.83. The minimum Gasteiger partial charge on any atom is -0.274 e. The Hall–Kier alpha value is -3.55. The van der Waals surface area contributed by atoms with Crippen LogP contribution in [0.4, 0.5) is 5.69 Å². The monoisotopic (exact) mass is 408 g/mol. The number of hydrogen-bond acceptors (Lipinski definition) is 5. The molecular formula is C22H24N4O4. The molecule has 8 nitrogen and oxygen atoms in total. The first-order chi connectivity index (χ1) is 14.3. The minimum atomic E-state index is -1.10. The van der Waals surface area contributed by atoms with Crippen molar-refractivity contribution in [2.75, 3.05) is 4.90 Å². The van der Waals surface area contributed by atoms with Crippen LogP contribution in [-0.2, 0) is 14.4 Å². The molecule has 1 atom stereocenters. The summed E-state index contributed by atoms with van der Waals surface area (Å²) in [7, 11) is 0. The molecule has 30 heavy (non-hydrogen) atoms. The van der Waals surface area contributed by atoms with E-state index in [-0.39, 0.29) is 18.4 Å². The van der Waals surface area contributed by atoms with Gasteiger partial charge in [0.1, 0.15) is 6.04 Å². The summed E-state index contributed by atoms with van der Waals surface area (Å²) in [6.07, 6.45) is 2.74. The van der Waals surface area contributed by atoms with E-state index in [1.54, 1.807) is 31.2 Å². The number of aromatic nitrogens is 1. The van der Waals surface area contributed by atoms with Crippen molar-refractivity contribution in [2.45, 2.75) is 45.6 Å². The summed E-state index contributed by atoms with van der Waals surface area (Å²) in [5.74, 6) is -1.70. The molecule has 0 bridgehead atoms. The van der Waals surface area contributed by atoms with Crippen LogP contribution in [0.3, 0.4) is 0 Å². The fraction of sp³-hybridized carbons (Fsp3) is 0.318. The van der Waals surface area contributed by atoms with E-state index in [0.29, 0.717) is 11.6 Å². The highest BCUT2D eigenvalue weighted by Crippen LogP contribution is 2.27. The number of carbonyl (C=O) groups excluding carboxylic acids is 4. The van der Waals surface area contributed by atoms with Gasteiger partial charge in [0.15, 0.2) is 0 Å². The number of benzene rings is 1. The summed E-state index contributed by atoms with van der Waals surface area (Å²) in [5, 5.41) is 0.970. The number of nitrogens with one attached hydrogen (secondary N) is 1. The van der Waals surface area contributed by atoms with Crippen molar-refractivity contribution in [1.29, 1.82) is 0 Å². The third kappa shape index (κ3) is 4.22. The second-order valence-electron chi connectivity index (χ2n) is 7.33. The molecule has 1 fully saturated rings. The Kier molecular flexibility index (Phi) is 6.25. The van der Waals surface area contributed by atoms with Crippen LogP contribution in [0.25, 0.3) is 0 Å². The van der Waals surface area contributed by atoms with Gasteiger partial charge in [0, 0.05) is 18.8 Å². The van der Waals surface area contributed by atoms with Gasteiger partial charge in [-0.05, 0) is 35.7 Å². The normalized spacial score (nSPS) is 16.1. The highest BCUT2D eigenvalue weighted by Gasteiger charge is 2.45. The Balaban J connectivity index is 1.84. The van der Waals surface area contributed by atoms with E-state index in [1.165, 1.54) is 12.4 Å². The molecular weight excluding hydrogens is 384 g/mol. The van der Waals surface area contributed by atoms with Crippen LogP contribution in [0.1, 0.15) is 55.5 Å². The summed E-state index contributed by atoms with van der Waals surface area (Å²) in [4.78, 5) is 55.7. The van der Waals surface area contributed by atoms with Crippen molar-refractivity contribution < 1.29 is 19.2 Å². The summed E-state index contributed by atoms with van der Waals surface area (Å²) < 4.78 is 0. The number of hydrogen-bond donors (Lipinski definition) is 1. The Morgan fingerprint density at radius 1 is 1.20 bits per heavy atom. The molecule has 8 heteroatoms. The molecule has 3 rings (SSSR count). The van der Waals surface area contributed by atoms with E-state index in [1.807, 2.05) is 12.1 Å². The highest BCUT2D eigenvalue weighted by atomic mass is 16.2. The fourth-order valence-corrected chi connectivity index (χ4v) is 3.25. The zero-order valence-corrected chi connectivity index (χ0v) is 17.2. The molecule has 0 spiro atoms.